The third-order valence-electron chi connectivity index (χ3n) is 3.68. The lowest BCUT2D eigenvalue weighted by Gasteiger charge is -2.33. The van der Waals surface area contributed by atoms with E-state index in [9.17, 15) is 13.2 Å². The minimum absolute atomic E-state index is 0.0309. The highest BCUT2D eigenvalue weighted by molar-refractivity contribution is 7.89. The summed E-state index contributed by atoms with van der Waals surface area (Å²) in [6.45, 7) is 3.17. The molecule has 0 unspecified atom stereocenters. The Kier molecular flexibility index (Phi) is 4.28. The highest BCUT2D eigenvalue weighted by Gasteiger charge is 2.29. The number of H-pyrrole nitrogens is 1. The SMILES string of the molecule is CC1(CCNS(=O)(=O)c2ccc3[nH]c(=O)oc3c2)OCCCO1. The molecule has 3 rings (SSSR count). The maximum absolute atomic E-state index is 12.3. The third kappa shape index (κ3) is 3.63. The molecule has 0 aliphatic carbocycles. The summed E-state index contributed by atoms with van der Waals surface area (Å²) in [5, 5.41) is 0. The van der Waals surface area contributed by atoms with Crippen LogP contribution in [0.15, 0.2) is 32.3 Å². The molecule has 126 valence electrons. The molecule has 0 spiro atoms. The minimum atomic E-state index is -3.71. The molecule has 2 heterocycles. The van der Waals surface area contributed by atoms with Crippen molar-refractivity contribution in [3.05, 3.63) is 28.7 Å². The lowest BCUT2D eigenvalue weighted by atomic mass is 10.2. The maximum Gasteiger partial charge on any atom is 0.417 e. The molecule has 2 aromatic rings. The lowest BCUT2D eigenvalue weighted by molar-refractivity contribution is -0.257. The molecule has 1 saturated heterocycles. The summed E-state index contributed by atoms with van der Waals surface area (Å²) >= 11 is 0. The van der Waals surface area contributed by atoms with E-state index in [1.54, 1.807) is 6.92 Å². The Hall–Kier alpha value is -1.68. The fourth-order valence-electron chi connectivity index (χ4n) is 2.41. The van der Waals surface area contributed by atoms with Crippen molar-refractivity contribution in [2.75, 3.05) is 19.8 Å². The quantitative estimate of drug-likeness (QED) is 0.837. The van der Waals surface area contributed by atoms with Crippen LogP contribution in [0.1, 0.15) is 19.8 Å². The number of oxazole rings is 1. The van der Waals surface area contributed by atoms with Gasteiger partial charge in [-0.15, -0.1) is 0 Å². The van der Waals surface area contributed by atoms with Gasteiger partial charge in [0.2, 0.25) is 10.0 Å². The summed E-state index contributed by atoms with van der Waals surface area (Å²) in [5.74, 6) is -1.39. The Morgan fingerprint density at radius 3 is 2.78 bits per heavy atom. The van der Waals surface area contributed by atoms with Gasteiger partial charge in [-0.05, 0) is 25.5 Å². The third-order valence-corrected chi connectivity index (χ3v) is 5.14. The van der Waals surface area contributed by atoms with Crippen molar-refractivity contribution in [2.24, 2.45) is 0 Å². The van der Waals surface area contributed by atoms with E-state index < -0.39 is 21.6 Å². The van der Waals surface area contributed by atoms with Crippen LogP contribution in [0.2, 0.25) is 0 Å². The zero-order valence-electron chi connectivity index (χ0n) is 12.6. The molecule has 1 aromatic carbocycles. The number of ether oxygens (including phenoxy) is 2. The average Bonchev–Trinajstić information content (AvgIpc) is 2.86. The molecule has 1 fully saturated rings. The second kappa shape index (κ2) is 6.08. The molecular weight excluding hydrogens is 324 g/mol. The van der Waals surface area contributed by atoms with Crippen LogP contribution in [0, 0.1) is 0 Å². The van der Waals surface area contributed by atoms with E-state index in [2.05, 4.69) is 9.71 Å². The number of hydrogen-bond donors (Lipinski definition) is 2. The molecular formula is C14H18N2O6S. The molecule has 1 aliphatic rings. The van der Waals surface area contributed by atoms with Crippen LogP contribution < -0.4 is 10.5 Å². The summed E-state index contributed by atoms with van der Waals surface area (Å²) in [6, 6.07) is 4.21. The molecule has 0 atom stereocenters. The summed E-state index contributed by atoms with van der Waals surface area (Å²) in [4.78, 5) is 13.6. The predicted molar refractivity (Wildman–Crippen MR) is 81.6 cm³/mol. The van der Waals surface area contributed by atoms with Crippen molar-refractivity contribution in [2.45, 2.75) is 30.4 Å². The van der Waals surface area contributed by atoms with Gasteiger partial charge in [0.1, 0.15) is 0 Å². The Labute approximate surface area is 132 Å². The van der Waals surface area contributed by atoms with Gasteiger partial charge in [-0.3, -0.25) is 4.98 Å². The highest BCUT2D eigenvalue weighted by atomic mass is 32.2. The van der Waals surface area contributed by atoms with Gasteiger partial charge in [-0.1, -0.05) is 0 Å². The van der Waals surface area contributed by atoms with Gasteiger partial charge < -0.3 is 13.9 Å². The number of nitrogens with one attached hydrogen (secondary N) is 2. The first-order valence-corrected chi connectivity index (χ1v) is 8.77. The molecule has 2 N–H and O–H groups in total. The molecule has 1 aromatic heterocycles. The van der Waals surface area contributed by atoms with Crippen LogP contribution in [0.25, 0.3) is 11.1 Å². The van der Waals surface area contributed by atoms with E-state index in [0.717, 1.165) is 6.42 Å². The average molecular weight is 342 g/mol. The summed E-state index contributed by atoms with van der Waals surface area (Å²) in [5.41, 5.74) is 0.647. The maximum atomic E-state index is 12.3. The van der Waals surface area contributed by atoms with E-state index >= 15 is 0 Å². The number of benzene rings is 1. The number of aromatic amines is 1. The van der Waals surface area contributed by atoms with E-state index in [-0.39, 0.29) is 17.0 Å². The smallest absolute Gasteiger partial charge is 0.408 e. The minimum Gasteiger partial charge on any atom is -0.408 e. The van der Waals surface area contributed by atoms with Crippen LogP contribution in [-0.4, -0.2) is 38.9 Å². The van der Waals surface area contributed by atoms with E-state index in [1.165, 1.54) is 18.2 Å². The fourth-order valence-corrected chi connectivity index (χ4v) is 3.46. The standard InChI is InChI=1S/C14H18N2O6S/c1-14(20-7-2-8-21-14)5-6-15-23(18,19)10-3-4-11-12(9-10)22-13(17)16-11/h3-4,9,15H,2,5-8H2,1H3,(H,16,17). The summed E-state index contributed by atoms with van der Waals surface area (Å²) in [7, 11) is -3.71. The van der Waals surface area contributed by atoms with Crippen LogP contribution in [0.5, 0.6) is 0 Å². The zero-order valence-corrected chi connectivity index (χ0v) is 13.4. The van der Waals surface area contributed by atoms with Gasteiger partial charge in [0.05, 0.1) is 23.6 Å². The van der Waals surface area contributed by atoms with Gasteiger partial charge in [0.15, 0.2) is 11.4 Å². The molecule has 0 saturated carbocycles. The second-order valence-corrected chi connectivity index (χ2v) is 7.27. The fraction of sp³-hybridized carbons (Fsp3) is 0.500. The van der Waals surface area contributed by atoms with Crippen molar-refractivity contribution < 1.29 is 22.3 Å². The molecule has 8 nitrogen and oxygen atoms in total. The van der Waals surface area contributed by atoms with Crippen LogP contribution in [0.4, 0.5) is 0 Å². The molecule has 1 aliphatic heterocycles. The number of rotatable bonds is 5. The summed E-state index contributed by atoms with van der Waals surface area (Å²) < 4.78 is 43.1. The zero-order chi connectivity index (χ0) is 16.5. The Balaban J connectivity index is 1.69. The molecule has 0 amide bonds. The van der Waals surface area contributed by atoms with Crippen LogP contribution in [0.3, 0.4) is 0 Å². The van der Waals surface area contributed by atoms with Crippen molar-refractivity contribution in [1.82, 2.24) is 9.71 Å². The normalized spacial score (nSPS) is 18.3. The van der Waals surface area contributed by atoms with E-state index in [0.29, 0.717) is 25.2 Å². The molecule has 9 heteroatoms. The highest BCUT2D eigenvalue weighted by Crippen LogP contribution is 2.22. The van der Waals surface area contributed by atoms with E-state index in [1.807, 2.05) is 0 Å². The van der Waals surface area contributed by atoms with Crippen LogP contribution >= 0.6 is 0 Å². The van der Waals surface area contributed by atoms with E-state index in [4.69, 9.17) is 13.9 Å². The van der Waals surface area contributed by atoms with Crippen LogP contribution in [-0.2, 0) is 19.5 Å². The molecule has 23 heavy (non-hydrogen) atoms. The lowest BCUT2D eigenvalue weighted by Crippen LogP contribution is -2.40. The summed E-state index contributed by atoms with van der Waals surface area (Å²) in [6.07, 6.45) is 1.23. The van der Waals surface area contributed by atoms with Gasteiger partial charge in [0, 0.05) is 19.0 Å². The number of aromatic nitrogens is 1. The topological polar surface area (TPSA) is 111 Å². The number of sulfonamides is 1. The molecule has 0 radical (unpaired) electrons. The van der Waals surface area contributed by atoms with Gasteiger partial charge in [-0.2, -0.15) is 0 Å². The second-order valence-electron chi connectivity index (χ2n) is 5.50. The van der Waals surface area contributed by atoms with Crippen molar-refractivity contribution in [3.63, 3.8) is 0 Å². The van der Waals surface area contributed by atoms with Crippen molar-refractivity contribution >= 4 is 21.1 Å². The van der Waals surface area contributed by atoms with Crippen molar-refractivity contribution in [3.8, 4) is 0 Å². The predicted octanol–water partition coefficient (Wildman–Crippen LogP) is 0.943. The number of hydrogen-bond acceptors (Lipinski definition) is 6. The molecule has 0 bridgehead atoms. The Morgan fingerprint density at radius 2 is 2.04 bits per heavy atom. The van der Waals surface area contributed by atoms with Gasteiger partial charge >= 0.3 is 5.76 Å². The Morgan fingerprint density at radius 1 is 1.30 bits per heavy atom. The Bertz CT molecular complexity index is 848. The van der Waals surface area contributed by atoms with Crippen molar-refractivity contribution in [1.29, 1.82) is 0 Å². The monoisotopic (exact) mass is 342 g/mol. The largest absolute Gasteiger partial charge is 0.417 e. The number of fused-ring (bicyclic) bond motifs is 1. The first-order valence-electron chi connectivity index (χ1n) is 7.28. The first kappa shape index (κ1) is 16.2. The first-order chi connectivity index (χ1) is 10.9. The van der Waals surface area contributed by atoms with Gasteiger partial charge in [-0.25, -0.2) is 17.9 Å². The van der Waals surface area contributed by atoms with Gasteiger partial charge in [0.25, 0.3) is 0 Å².